The van der Waals surface area contributed by atoms with Gasteiger partial charge in [-0.3, -0.25) is 4.57 Å². The third kappa shape index (κ3) is 2.57. The highest BCUT2D eigenvalue weighted by molar-refractivity contribution is 9.10. The minimum absolute atomic E-state index is 0.345. The van der Waals surface area contributed by atoms with E-state index in [0.717, 1.165) is 0 Å². The lowest BCUT2D eigenvalue weighted by atomic mass is 10.2. The second-order valence-electron chi connectivity index (χ2n) is 4.24. The monoisotopic (exact) mass is 468 g/mol. The predicted molar refractivity (Wildman–Crippen MR) is 93.8 cm³/mol. The molecule has 21 heavy (non-hydrogen) atoms. The van der Waals surface area contributed by atoms with Gasteiger partial charge in [0.05, 0.1) is 31.2 Å². The topological polar surface area (TPSA) is 20.7 Å². The van der Waals surface area contributed by atoms with Crippen LogP contribution in [-0.2, 0) is 0 Å². The minimum Gasteiger partial charge on any atom is -0.330 e. The Morgan fingerprint density at radius 1 is 1.10 bits per heavy atom. The maximum atomic E-state index is 13.6. The third-order valence-corrected chi connectivity index (χ3v) is 5.63. The van der Waals surface area contributed by atoms with Crippen LogP contribution in [0.25, 0.3) is 16.7 Å². The summed E-state index contributed by atoms with van der Waals surface area (Å²) in [5.74, 6) is -0.370. The molecule has 0 fully saturated rings. The molecule has 1 aromatic heterocycles. The van der Waals surface area contributed by atoms with E-state index < -0.39 is 0 Å². The summed E-state index contributed by atoms with van der Waals surface area (Å²) >= 11 is 24.3. The number of imidazole rings is 1. The summed E-state index contributed by atoms with van der Waals surface area (Å²) in [6.45, 7) is 0. The fourth-order valence-electron chi connectivity index (χ4n) is 2.03. The molecule has 0 aliphatic rings. The van der Waals surface area contributed by atoms with Gasteiger partial charge in [-0.2, -0.15) is 0 Å². The van der Waals surface area contributed by atoms with Gasteiger partial charge in [-0.05, 0) is 62.3 Å². The van der Waals surface area contributed by atoms with Crippen LogP contribution >= 0.6 is 67.3 Å². The number of rotatable bonds is 1. The van der Waals surface area contributed by atoms with Gasteiger partial charge in [0.2, 0.25) is 0 Å². The zero-order valence-electron chi connectivity index (χ0n) is 10.1. The molecule has 0 amide bonds. The van der Waals surface area contributed by atoms with Crippen LogP contribution in [0, 0.1) is 10.6 Å². The molecule has 3 aromatic rings. The predicted octanol–water partition coefficient (Wildman–Crippen LogP) is 6.66. The number of hydrogen-bond donors (Lipinski definition) is 1. The lowest BCUT2D eigenvalue weighted by Crippen LogP contribution is -1.96. The second-order valence-corrected chi connectivity index (χ2v) is 7.09. The van der Waals surface area contributed by atoms with Gasteiger partial charge in [-0.25, -0.2) is 4.39 Å². The number of halogens is 5. The van der Waals surface area contributed by atoms with Crippen molar-refractivity contribution in [3.63, 3.8) is 0 Å². The number of aromatic amines is 1. The molecule has 0 saturated carbocycles. The summed E-state index contributed by atoms with van der Waals surface area (Å²) < 4.78 is 16.8. The van der Waals surface area contributed by atoms with Crippen molar-refractivity contribution >= 4 is 78.3 Å². The number of fused-ring (bicyclic) bond motifs is 1. The van der Waals surface area contributed by atoms with Crippen LogP contribution in [0.2, 0.25) is 10.0 Å². The Morgan fingerprint density at radius 3 is 2.52 bits per heavy atom. The Kier molecular flexibility index (Phi) is 4.18. The number of benzene rings is 2. The quantitative estimate of drug-likeness (QED) is 0.311. The highest BCUT2D eigenvalue weighted by Gasteiger charge is 2.15. The van der Waals surface area contributed by atoms with Crippen molar-refractivity contribution in [1.82, 2.24) is 9.55 Å². The smallest absolute Gasteiger partial charge is 0.182 e. The first-order chi connectivity index (χ1) is 9.90. The molecule has 0 saturated heterocycles. The molecule has 0 unspecified atom stereocenters. The Hall–Kier alpha value is -0.400. The largest absolute Gasteiger partial charge is 0.330 e. The van der Waals surface area contributed by atoms with Gasteiger partial charge in [0.15, 0.2) is 4.77 Å². The van der Waals surface area contributed by atoms with Crippen LogP contribution in [0.15, 0.2) is 33.2 Å². The highest BCUT2D eigenvalue weighted by Crippen LogP contribution is 2.36. The molecule has 108 valence electrons. The van der Waals surface area contributed by atoms with Crippen molar-refractivity contribution < 1.29 is 4.39 Å². The average molecular weight is 471 g/mol. The summed E-state index contributed by atoms with van der Waals surface area (Å²) in [7, 11) is 0. The van der Waals surface area contributed by atoms with Crippen LogP contribution in [0.1, 0.15) is 0 Å². The van der Waals surface area contributed by atoms with E-state index in [1.165, 1.54) is 6.07 Å². The summed E-state index contributed by atoms with van der Waals surface area (Å²) in [5, 5.41) is 0.759. The minimum atomic E-state index is -0.370. The summed E-state index contributed by atoms with van der Waals surface area (Å²) in [5.41, 5.74) is 1.91. The molecular formula is C13H5Br2Cl2FN2S. The molecule has 0 radical (unpaired) electrons. The van der Waals surface area contributed by atoms with Gasteiger partial charge < -0.3 is 4.98 Å². The van der Waals surface area contributed by atoms with Gasteiger partial charge in [0.1, 0.15) is 5.82 Å². The lowest BCUT2D eigenvalue weighted by molar-refractivity contribution is 0.623. The van der Waals surface area contributed by atoms with Crippen LogP contribution in [0.3, 0.4) is 0 Å². The van der Waals surface area contributed by atoms with Crippen molar-refractivity contribution in [3.8, 4) is 5.69 Å². The van der Waals surface area contributed by atoms with Gasteiger partial charge in [0.25, 0.3) is 0 Å². The van der Waals surface area contributed by atoms with Gasteiger partial charge in [-0.15, -0.1) is 0 Å². The summed E-state index contributed by atoms with van der Waals surface area (Å²) in [6.07, 6.45) is 0. The number of nitrogens with one attached hydrogen (secondary N) is 1. The fourth-order valence-corrected chi connectivity index (χ4v) is 3.52. The number of hydrogen-bond acceptors (Lipinski definition) is 1. The zero-order valence-corrected chi connectivity index (χ0v) is 15.6. The molecule has 2 aromatic carbocycles. The molecule has 0 aliphatic heterocycles. The maximum absolute atomic E-state index is 13.6. The molecule has 3 rings (SSSR count). The van der Waals surface area contributed by atoms with Gasteiger partial charge in [-0.1, -0.05) is 23.2 Å². The Labute approximate surface area is 151 Å². The molecular weight excluding hydrogens is 466 g/mol. The van der Waals surface area contributed by atoms with Crippen molar-refractivity contribution in [2.75, 3.05) is 0 Å². The number of nitrogens with zero attached hydrogens (tertiary/aromatic N) is 1. The molecule has 0 aliphatic carbocycles. The van der Waals surface area contributed by atoms with E-state index in [9.17, 15) is 4.39 Å². The van der Waals surface area contributed by atoms with Gasteiger partial charge >= 0.3 is 0 Å². The molecule has 0 spiro atoms. The van der Waals surface area contributed by atoms with E-state index in [4.69, 9.17) is 35.4 Å². The normalized spacial score (nSPS) is 11.3. The summed E-state index contributed by atoms with van der Waals surface area (Å²) in [6, 6.07) is 6.59. The van der Waals surface area contributed by atoms with Crippen molar-refractivity contribution in [2.45, 2.75) is 0 Å². The van der Waals surface area contributed by atoms with E-state index in [0.29, 0.717) is 40.5 Å². The standard InChI is InChI=1S/C13H5Br2Cl2FN2S/c14-5-1-2-9(12(17)11(5)16)20-10-3-6(15)7(18)4-8(10)19-13(20)21/h1-4H,(H,19,21). The fraction of sp³-hybridized carbons (Fsp3) is 0. The highest BCUT2D eigenvalue weighted by atomic mass is 79.9. The number of H-pyrrole nitrogens is 1. The van der Waals surface area contributed by atoms with Crippen molar-refractivity contribution in [1.29, 1.82) is 0 Å². The molecule has 0 bridgehead atoms. The van der Waals surface area contributed by atoms with Gasteiger partial charge in [0, 0.05) is 10.5 Å². The van der Waals surface area contributed by atoms with Crippen molar-refractivity contribution in [3.05, 3.63) is 53.8 Å². The Morgan fingerprint density at radius 2 is 1.81 bits per heavy atom. The first-order valence-corrected chi connectivity index (χ1v) is 8.39. The maximum Gasteiger partial charge on any atom is 0.182 e. The summed E-state index contributed by atoms with van der Waals surface area (Å²) in [4.78, 5) is 2.96. The Bertz CT molecular complexity index is 936. The molecule has 0 atom stereocenters. The van der Waals surface area contributed by atoms with Crippen LogP contribution in [0.4, 0.5) is 4.39 Å². The van der Waals surface area contributed by atoms with E-state index >= 15 is 0 Å². The van der Waals surface area contributed by atoms with E-state index in [-0.39, 0.29) is 5.82 Å². The van der Waals surface area contributed by atoms with Crippen molar-refractivity contribution in [2.24, 2.45) is 0 Å². The van der Waals surface area contributed by atoms with Crippen LogP contribution in [-0.4, -0.2) is 9.55 Å². The third-order valence-electron chi connectivity index (χ3n) is 2.98. The SMILES string of the molecule is Fc1cc2[nH]c(=S)n(-c3ccc(Br)c(Cl)c3Cl)c2cc1Br. The first-order valence-electron chi connectivity index (χ1n) is 5.64. The molecule has 1 heterocycles. The van der Waals surface area contributed by atoms with E-state index in [1.807, 2.05) is 0 Å². The van der Waals surface area contributed by atoms with Crippen LogP contribution < -0.4 is 0 Å². The molecule has 1 N–H and O–H groups in total. The van der Waals surface area contributed by atoms with E-state index in [2.05, 4.69) is 36.8 Å². The average Bonchev–Trinajstić information content (AvgIpc) is 2.73. The second kappa shape index (κ2) is 5.66. The number of aromatic nitrogens is 2. The first kappa shape index (κ1) is 15.5. The van der Waals surface area contributed by atoms with E-state index in [1.54, 1.807) is 22.8 Å². The molecule has 8 heteroatoms. The zero-order chi connectivity index (χ0) is 15.3. The Balaban J connectivity index is 2.41. The van der Waals surface area contributed by atoms with Crippen LogP contribution in [0.5, 0.6) is 0 Å². The lowest BCUT2D eigenvalue weighted by Gasteiger charge is -2.10. The molecule has 2 nitrogen and oxygen atoms in total.